The van der Waals surface area contributed by atoms with Crippen molar-refractivity contribution in [3.8, 4) is 11.6 Å². The number of benzene rings is 2. The van der Waals surface area contributed by atoms with Crippen LogP contribution in [0.5, 0.6) is 11.6 Å². The normalized spacial score (nSPS) is 11.1. The Bertz CT molecular complexity index is 1560. The summed E-state index contributed by atoms with van der Waals surface area (Å²) in [7, 11) is 2.01. The van der Waals surface area contributed by atoms with Crippen molar-refractivity contribution in [1.29, 1.82) is 0 Å². The van der Waals surface area contributed by atoms with Gasteiger partial charge in [0, 0.05) is 35.9 Å². The predicted octanol–water partition coefficient (Wildman–Crippen LogP) is 4.52. The molecule has 14 heteroatoms. The zero-order valence-electron chi connectivity index (χ0n) is 20.0. The van der Waals surface area contributed by atoms with Gasteiger partial charge in [-0.25, -0.2) is 19.0 Å². The van der Waals surface area contributed by atoms with E-state index in [0.717, 1.165) is 34.2 Å². The first-order valence-electron chi connectivity index (χ1n) is 11.0. The van der Waals surface area contributed by atoms with Gasteiger partial charge in [-0.1, -0.05) is 0 Å². The molecule has 196 valence electrons. The number of amides is 1. The number of nitrogens with one attached hydrogen (secondary N) is 1. The van der Waals surface area contributed by atoms with Crippen molar-refractivity contribution < 1.29 is 27.1 Å². The molecule has 1 N–H and O–H groups in total. The van der Waals surface area contributed by atoms with Crippen LogP contribution in [0.3, 0.4) is 0 Å². The molecule has 1 amide bonds. The van der Waals surface area contributed by atoms with Crippen LogP contribution >= 0.6 is 0 Å². The van der Waals surface area contributed by atoms with Gasteiger partial charge in [0.2, 0.25) is 12.3 Å². The summed E-state index contributed by atoms with van der Waals surface area (Å²) in [6.07, 6.45) is -1.05. The molecule has 0 aliphatic rings. The van der Waals surface area contributed by atoms with Crippen LogP contribution in [0.1, 0.15) is 17.1 Å². The van der Waals surface area contributed by atoms with Crippen LogP contribution in [-0.4, -0.2) is 41.2 Å². The molecule has 10 nitrogen and oxygen atoms in total. The third-order valence-electron chi connectivity index (χ3n) is 5.30. The van der Waals surface area contributed by atoms with E-state index in [1.807, 2.05) is 49.8 Å². The molecule has 5 rings (SSSR count). The molecule has 3 heterocycles. The van der Waals surface area contributed by atoms with Crippen LogP contribution in [-0.2, 0) is 24.6 Å². The number of carbonyl (C=O) groups is 1. The fourth-order valence-corrected chi connectivity index (χ4v) is 3.41. The van der Waals surface area contributed by atoms with E-state index in [1.54, 1.807) is 10.7 Å². The van der Waals surface area contributed by atoms with E-state index < -0.39 is 17.6 Å². The molecule has 5 aromatic rings. The van der Waals surface area contributed by atoms with Gasteiger partial charge in [-0.15, -0.1) is 5.10 Å². The van der Waals surface area contributed by atoms with Crippen molar-refractivity contribution in [3.63, 3.8) is 0 Å². The number of alkyl halides is 3. The van der Waals surface area contributed by atoms with Gasteiger partial charge in [0.15, 0.2) is 0 Å². The Morgan fingerprint density at radius 2 is 1.89 bits per heavy atom. The summed E-state index contributed by atoms with van der Waals surface area (Å²) < 4.78 is 58.6. The number of fused-ring (bicyclic) bond motifs is 1. The number of ether oxygens (including phenoxy) is 1. The Labute approximate surface area is 212 Å². The maximum absolute atomic E-state index is 12.7. The van der Waals surface area contributed by atoms with Gasteiger partial charge in [-0.05, 0) is 59.8 Å². The molecule has 2 aromatic carbocycles. The van der Waals surface area contributed by atoms with Crippen LogP contribution in [0.2, 0.25) is 0 Å². The Hall–Kier alpha value is -4.88. The van der Waals surface area contributed by atoms with Crippen LogP contribution in [0.4, 0.5) is 23.2 Å². The molecule has 0 saturated heterocycles. The molecular formula is C24H20F4N8O2. The van der Waals surface area contributed by atoms with Crippen LogP contribution in [0, 0.1) is 12.7 Å². The van der Waals surface area contributed by atoms with E-state index in [-0.39, 0.29) is 12.1 Å². The molecular weight excluding hydrogens is 508 g/mol. The standard InChI is InChI=1S/C16H15N7O.C8H5F4NO/c1-11-19-20-21-23(11)9-13-8-16(18-10-17-13)24-14-3-4-15-12(7-14)5-6-22(15)2;9-7-2-1-5(13-4-14)3-6(7)8(10,11)12/h3-8,10H,9H2,1-2H3;1-4H,(H,13,14). The van der Waals surface area contributed by atoms with Gasteiger partial charge in [0.25, 0.3) is 0 Å². The van der Waals surface area contributed by atoms with E-state index in [1.165, 1.54) is 6.33 Å². The number of hydrogen-bond acceptors (Lipinski definition) is 7. The van der Waals surface area contributed by atoms with Gasteiger partial charge >= 0.3 is 6.18 Å². The van der Waals surface area contributed by atoms with Crippen LogP contribution in [0.15, 0.2) is 61.1 Å². The average molecular weight is 528 g/mol. The lowest BCUT2D eigenvalue weighted by molar-refractivity contribution is -0.140. The topological polar surface area (TPSA) is 113 Å². The second-order valence-electron chi connectivity index (χ2n) is 7.94. The Morgan fingerprint density at radius 3 is 2.61 bits per heavy atom. The number of halogens is 4. The summed E-state index contributed by atoms with van der Waals surface area (Å²) in [5.74, 6) is 0.581. The average Bonchev–Trinajstić information content (AvgIpc) is 3.45. The first kappa shape index (κ1) is 26.2. The summed E-state index contributed by atoms with van der Waals surface area (Å²) in [5.41, 5.74) is 0.425. The fourth-order valence-electron chi connectivity index (χ4n) is 3.41. The molecule has 0 unspecified atom stereocenters. The van der Waals surface area contributed by atoms with Gasteiger partial charge in [0.1, 0.15) is 23.7 Å². The zero-order chi connectivity index (χ0) is 27.3. The van der Waals surface area contributed by atoms with Gasteiger partial charge in [-0.3, -0.25) is 4.79 Å². The summed E-state index contributed by atoms with van der Waals surface area (Å²) in [6, 6.07) is 12.0. The number of aryl methyl sites for hydroxylation is 2. The summed E-state index contributed by atoms with van der Waals surface area (Å²) in [5, 5.41) is 14.5. The van der Waals surface area contributed by atoms with E-state index in [2.05, 4.69) is 30.1 Å². The fraction of sp³-hybridized carbons (Fsp3) is 0.167. The van der Waals surface area contributed by atoms with E-state index in [9.17, 15) is 22.4 Å². The number of rotatable bonds is 6. The molecule has 0 aliphatic carbocycles. The first-order chi connectivity index (χ1) is 18.1. The first-order valence-corrected chi connectivity index (χ1v) is 11.0. The van der Waals surface area contributed by atoms with E-state index in [0.29, 0.717) is 24.6 Å². The molecule has 0 saturated carbocycles. The lowest BCUT2D eigenvalue weighted by Crippen LogP contribution is -2.09. The summed E-state index contributed by atoms with van der Waals surface area (Å²) >= 11 is 0. The predicted molar refractivity (Wildman–Crippen MR) is 128 cm³/mol. The number of nitrogens with zero attached hydrogens (tertiary/aromatic N) is 7. The van der Waals surface area contributed by atoms with Crippen molar-refractivity contribution in [2.45, 2.75) is 19.6 Å². The second kappa shape index (κ2) is 11.0. The van der Waals surface area contributed by atoms with Gasteiger partial charge in [0.05, 0.1) is 17.8 Å². The maximum Gasteiger partial charge on any atom is 0.419 e. The Kier molecular flexibility index (Phi) is 7.60. The highest BCUT2D eigenvalue weighted by molar-refractivity contribution is 5.81. The van der Waals surface area contributed by atoms with Gasteiger partial charge in [-0.2, -0.15) is 13.2 Å². The molecule has 3 aromatic heterocycles. The Morgan fingerprint density at radius 1 is 1.08 bits per heavy atom. The van der Waals surface area contributed by atoms with Crippen molar-refractivity contribution >= 4 is 23.0 Å². The number of anilines is 1. The molecule has 0 radical (unpaired) electrons. The van der Waals surface area contributed by atoms with Crippen LogP contribution < -0.4 is 10.1 Å². The van der Waals surface area contributed by atoms with Gasteiger partial charge < -0.3 is 14.6 Å². The van der Waals surface area contributed by atoms with Crippen molar-refractivity contribution in [2.24, 2.45) is 7.05 Å². The highest BCUT2D eigenvalue weighted by Gasteiger charge is 2.34. The van der Waals surface area contributed by atoms with Crippen LogP contribution in [0.25, 0.3) is 10.9 Å². The Balaban J connectivity index is 0.000000206. The number of carbonyl (C=O) groups excluding carboxylic acids is 1. The monoisotopic (exact) mass is 528 g/mol. The van der Waals surface area contributed by atoms with Crippen molar-refractivity contribution in [2.75, 3.05) is 5.32 Å². The number of aromatic nitrogens is 7. The summed E-state index contributed by atoms with van der Waals surface area (Å²) in [6.45, 7) is 2.31. The minimum Gasteiger partial charge on any atom is -0.439 e. The zero-order valence-corrected chi connectivity index (χ0v) is 20.0. The summed E-state index contributed by atoms with van der Waals surface area (Å²) in [4.78, 5) is 18.3. The minimum atomic E-state index is -4.76. The molecule has 0 fully saturated rings. The molecule has 0 aliphatic heterocycles. The number of hydrogen-bond donors (Lipinski definition) is 1. The molecule has 0 atom stereocenters. The molecule has 0 bridgehead atoms. The lowest BCUT2D eigenvalue weighted by atomic mass is 10.2. The van der Waals surface area contributed by atoms with Crippen molar-refractivity contribution in [1.82, 2.24) is 34.7 Å². The highest BCUT2D eigenvalue weighted by atomic mass is 19.4. The number of tetrazole rings is 1. The maximum atomic E-state index is 12.7. The lowest BCUT2D eigenvalue weighted by Gasteiger charge is -2.09. The van der Waals surface area contributed by atoms with E-state index >= 15 is 0 Å². The van der Waals surface area contributed by atoms with E-state index in [4.69, 9.17) is 4.74 Å². The molecule has 0 spiro atoms. The quantitative estimate of drug-likeness (QED) is 0.255. The largest absolute Gasteiger partial charge is 0.439 e. The SMILES string of the molecule is Cc1nnnn1Cc1cc(Oc2ccc3c(ccn3C)c2)ncn1.O=CNc1ccc(F)c(C(F)(F)F)c1. The third-order valence-corrected chi connectivity index (χ3v) is 5.30. The third kappa shape index (κ3) is 6.27. The molecule has 38 heavy (non-hydrogen) atoms. The highest BCUT2D eigenvalue weighted by Crippen LogP contribution is 2.32. The van der Waals surface area contributed by atoms with Crippen molar-refractivity contribution in [3.05, 3.63) is 84.0 Å². The minimum absolute atomic E-state index is 0.103. The smallest absolute Gasteiger partial charge is 0.419 e. The second-order valence-corrected chi connectivity index (χ2v) is 7.94.